The Morgan fingerprint density at radius 3 is 2.47 bits per heavy atom. The molecule has 2 amide bonds. The van der Waals surface area contributed by atoms with Crippen molar-refractivity contribution in [2.75, 3.05) is 0 Å². The molecule has 0 saturated carbocycles. The van der Waals surface area contributed by atoms with Crippen molar-refractivity contribution in [1.82, 2.24) is 5.06 Å². The third-order valence-corrected chi connectivity index (χ3v) is 2.50. The molecule has 100 valence electrons. The molecule has 7 heteroatoms. The fraction of sp³-hybridized carbons (Fsp3) is 0.250. The minimum atomic E-state index is -1.12. The van der Waals surface area contributed by atoms with Crippen LogP contribution in [0.25, 0.3) is 0 Å². The first-order chi connectivity index (χ1) is 9.08. The van der Waals surface area contributed by atoms with E-state index in [-0.39, 0.29) is 13.0 Å². The Bertz CT molecular complexity index is 502. The van der Waals surface area contributed by atoms with Crippen molar-refractivity contribution in [3.8, 4) is 0 Å². The van der Waals surface area contributed by atoms with Crippen LogP contribution in [-0.4, -0.2) is 29.1 Å². The van der Waals surface area contributed by atoms with Crippen molar-refractivity contribution in [2.24, 2.45) is 5.73 Å². The third kappa shape index (κ3) is 3.44. The summed E-state index contributed by atoms with van der Waals surface area (Å²) < 4.78 is 5.02. The summed E-state index contributed by atoms with van der Waals surface area (Å²) in [5, 5.41) is 0.776. The summed E-state index contributed by atoms with van der Waals surface area (Å²) in [4.78, 5) is 37.9. The number of esters is 1. The van der Waals surface area contributed by atoms with Gasteiger partial charge in [-0.3, -0.25) is 4.79 Å². The van der Waals surface area contributed by atoms with Crippen LogP contribution in [0.15, 0.2) is 30.3 Å². The third-order valence-electron chi connectivity index (χ3n) is 2.50. The van der Waals surface area contributed by atoms with Gasteiger partial charge in [-0.2, -0.15) is 0 Å². The maximum atomic E-state index is 11.8. The highest BCUT2D eigenvalue weighted by molar-refractivity contribution is 5.90. The molecule has 0 radical (unpaired) electrons. The average Bonchev–Trinajstić information content (AvgIpc) is 3.11. The minimum absolute atomic E-state index is 0.0525. The summed E-state index contributed by atoms with van der Waals surface area (Å²) in [6.07, 6.45) is -1.01. The predicted molar refractivity (Wildman–Crippen MR) is 62.2 cm³/mol. The van der Waals surface area contributed by atoms with E-state index in [1.54, 1.807) is 24.3 Å². The van der Waals surface area contributed by atoms with Gasteiger partial charge in [-0.25, -0.2) is 9.59 Å². The molecule has 2 N–H and O–H groups in total. The quantitative estimate of drug-likeness (QED) is 0.589. The fourth-order valence-electron chi connectivity index (χ4n) is 1.53. The van der Waals surface area contributed by atoms with Crippen molar-refractivity contribution < 1.29 is 24.0 Å². The molecular formula is C12H12N2O5. The molecule has 7 nitrogen and oxygen atoms in total. The van der Waals surface area contributed by atoms with Crippen LogP contribution in [0, 0.1) is 0 Å². The number of benzene rings is 1. The predicted octanol–water partition coefficient (Wildman–Crippen LogP) is 0.341. The zero-order valence-electron chi connectivity index (χ0n) is 9.94. The number of amides is 2. The summed E-state index contributed by atoms with van der Waals surface area (Å²) in [6, 6.07) is 7.91. The zero-order valence-corrected chi connectivity index (χ0v) is 9.94. The highest BCUT2D eigenvalue weighted by Gasteiger charge is 2.47. The molecular weight excluding hydrogens is 252 g/mol. The van der Waals surface area contributed by atoms with Gasteiger partial charge in [0, 0.05) is 0 Å². The van der Waals surface area contributed by atoms with Gasteiger partial charge in [0.2, 0.25) is 5.91 Å². The number of primary amides is 1. The van der Waals surface area contributed by atoms with E-state index in [4.69, 9.17) is 10.5 Å². The molecule has 1 aliphatic heterocycles. The molecule has 1 aliphatic rings. The maximum absolute atomic E-state index is 11.8. The van der Waals surface area contributed by atoms with Crippen LogP contribution in [0.5, 0.6) is 0 Å². The summed E-state index contributed by atoms with van der Waals surface area (Å²) >= 11 is 0. The molecule has 1 aromatic carbocycles. The molecule has 0 spiro atoms. The van der Waals surface area contributed by atoms with Gasteiger partial charge in [-0.1, -0.05) is 30.3 Å². The van der Waals surface area contributed by atoms with Crippen LogP contribution < -0.4 is 5.73 Å². The lowest BCUT2D eigenvalue weighted by Crippen LogP contribution is -2.35. The smallest absolute Gasteiger partial charge is 0.459 e. The van der Waals surface area contributed by atoms with E-state index in [1.165, 1.54) is 0 Å². The first-order valence-corrected chi connectivity index (χ1v) is 5.58. The number of nitrogens with zero attached hydrogens (tertiary/aromatic N) is 1. The topological polar surface area (TPSA) is 102 Å². The van der Waals surface area contributed by atoms with Crippen molar-refractivity contribution >= 4 is 18.0 Å². The van der Waals surface area contributed by atoms with Gasteiger partial charge in [0.1, 0.15) is 6.61 Å². The Morgan fingerprint density at radius 2 is 1.95 bits per heavy atom. The largest absolute Gasteiger partial charge is 0.468 e. The highest BCUT2D eigenvalue weighted by Crippen LogP contribution is 2.20. The van der Waals surface area contributed by atoms with Crippen LogP contribution >= 0.6 is 0 Å². The van der Waals surface area contributed by atoms with Crippen LogP contribution in [0.2, 0.25) is 0 Å². The van der Waals surface area contributed by atoms with Gasteiger partial charge >= 0.3 is 12.1 Å². The Labute approximate surface area is 108 Å². The summed E-state index contributed by atoms with van der Waals surface area (Å²) in [6.45, 7) is 0.0525. The second-order valence-corrected chi connectivity index (χ2v) is 3.96. The van der Waals surface area contributed by atoms with E-state index < -0.39 is 24.0 Å². The normalized spacial score (nSPS) is 14.5. The van der Waals surface area contributed by atoms with E-state index >= 15 is 0 Å². The number of carbonyl (C=O) groups excluding carboxylic acids is 3. The number of hydroxylamine groups is 2. The molecule has 19 heavy (non-hydrogen) atoms. The van der Waals surface area contributed by atoms with Crippen LogP contribution in [0.4, 0.5) is 4.79 Å². The van der Waals surface area contributed by atoms with Crippen LogP contribution in [0.3, 0.4) is 0 Å². The highest BCUT2D eigenvalue weighted by atomic mass is 16.9. The van der Waals surface area contributed by atoms with Gasteiger partial charge in [-0.15, -0.1) is 5.06 Å². The van der Waals surface area contributed by atoms with Crippen LogP contribution in [0.1, 0.15) is 12.0 Å². The Morgan fingerprint density at radius 1 is 1.32 bits per heavy atom. The number of nitrogens with two attached hydrogens (primary N) is 1. The van der Waals surface area contributed by atoms with Crippen molar-refractivity contribution in [2.45, 2.75) is 19.1 Å². The lowest BCUT2D eigenvalue weighted by atomic mass is 10.2. The SMILES string of the molecule is NC(=O)C[C@@H](C(=O)OCc1ccccc1)N1OC1=O. The van der Waals surface area contributed by atoms with E-state index in [0.717, 1.165) is 10.6 Å². The molecule has 2 rings (SSSR count). The van der Waals surface area contributed by atoms with E-state index in [2.05, 4.69) is 4.84 Å². The monoisotopic (exact) mass is 264 g/mol. The summed E-state index contributed by atoms with van der Waals surface area (Å²) in [5.74, 6) is -1.45. The Balaban J connectivity index is 1.92. The lowest BCUT2D eigenvalue weighted by Gasteiger charge is -2.11. The molecule has 1 fully saturated rings. The first-order valence-electron chi connectivity index (χ1n) is 5.58. The molecule has 1 aromatic rings. The maximum Gasteiger partial charge on any atom is 0.468 e. The second-order valence-electron chi connectivity index (χ2n) is 3.96. The van der Waals surface area contributed by atoms with E-state index in [1.807, 2.05) is 6.07 Å². The van der Waals surface area contributed by atoms with Gasteiger partial charge in [-0.05, 0) is 5.56 Å². The standard InChI is InChI=1S/C12H12N2O5/c13-10(15)6-9(14-12(17)19-14)11(16)18-7-8-4-2-1-3-5-8/h1-5,9H,6-7H2,(H2,13,15)/t9-,14?/m0/s1. The summed E-state index contributed by atoms with van der Waals surface area (Å²) in [7, 11) is 0. The lowest BCUT2D eigenvalue weighted by molar-refractivity contribution is -0.153. The van der Waals surface area contributed by atoms with Gasteiger partial charge < -0.3 is 15.3 Å². The van der Waals surface area contributed by atoms with E-state index in [9.17, 15) is 14.4 Å². The van der Waals surface area contributed by atoms with Crippen molar-refractivity contribution in [3.05, 3.63) is 35.9 Å². The minimum Gasteiger partial charge on any atom is -0.459 e. The molecule has 1 saturated heterocycles. The zero-order chi connectivity index (χ0) is 13.8. The molecule has 1 atom stereocenters. The van der Waals surface area contributed by atoms with Gasteiger partial charge in [0.05, 0.1) is 6.42 Å². The number of rotatable bonds is 6. The van der Waals surface area contributed by atoms with Crippen molar-refractivity contribution in [3.63, 3.8) is 0 Å². The molecule has 0 bridgehead atoms. The van der Waals surface area contributed by atoms with E-state index in [0.29, 0.717) is 0 Å². The average molecular weight is 264 g/mol. The Kier molecular flexibility index (Phi) is 3.65. The van der Waals surface area contributed by atoms with Gasteiger partial charge in [0.25, 0.3) is 0 Å². The number of ether oxygens (including phenoxy) is 1. The first kappa shape index (κ1) is 12.9. The second kappa shape index (κ2) is 5.38. The fourth-order valence-corrected chi connectivity index (χ4v) is 1.53. The molecule has 1 heterocycles. The van der Waals surface area contributed by atoms with Crippen molar-refractivity contribution in [1.29, 1.82) is 0 Å². The molecule has 0 aromatic heterocycles. The number of hydrogen-bond donors (Lipinski definition) is 1. The summed E-state index contributed by atoms with van der Waals surface area (Å²) in [5.41, 5.74) is 5.81. The molecule has 0 aliphatic carbocycles. The number of hydrogen-bond acceptors (Lipinski definition) is 5. The molecule has 0 unspecified atom stereocenters. The van der Waals surface area contributed by atoms with Gasteiger partial charge in [0.15, 0.2) is 6.04 Å². The van der Waals surface area contributed by atoms with Crippen LogP contribution in [-0.2, 0) is 25.8 Å². The number of carbonyl (C=O) groups is 3. The Hall–Kier alpha value is -2.57.